The molecule has 0 aromatic carbocycles. The molecule has 0 aromatic rings. The molecule has 0 aliphatic heterocycles. The van der Waals surface area contributed by atoms with Crippen molar-refractivity contribution in [1.82, 2.24) is 0 Å². The molecule has 0 heterocycles. The van der Waals surface area contributed by atoms with Crippen LogP contribution in [-0.4, -0.2) is 17.0 Å². The second-order valence-electron chi connectivity index (χ2n) is 4.69. The predicted molar refractivity (Wildman–Crippen MR) is 66.8 cm³/mol. The van der Waals surface area contributed by atoms with Crippen LogP contribution >= 0.6 is 11.8 Å². The normalized spacial score (nSPS) is 31.1. The average Bonchev–Trinajstić information content (AvgIpc) is 2.39. The predicted octanol–water partition coefficient (Wildman–Crippen LogP) is 3.43. The molecule has 14 heavy (non-hydrogen) atoms. The molecule has 1 saturated carbocycles. The first-order valence-electron chi connectivity index (χ1n) is 6.11. The Balaban J connectivity index is 2.26. The molecule has 84 valence electrons. The number of rotatable bonds is 4. The van der Waals surface area contributed by atoms with Gasteiger partial charge in [0.25, 0.3) is 0 Å². The maximum Gasteiger partial charge on any atom is 0.0199 e. The summed E-state index contributed by atoms with van der Waals surface area (Å²) in [4.78, 5) is 0. The van der Waals surface area contributed by atoms with Gasteiger partial charge in [-0.25, -0.2) is 0 Å². The second kappa shape index (κ2) is 6.73. The standard InChI is InChI=1S/C12H25NS/c1-3-10(2)9-14-12-8-6-4-5-7-11(12)13/h10-12H,3-9,13H2,1-2H3. The van der Waals surface area contributed by atoms with E-state index in [-0.39, 0.29) is 0 Å². The summed E-state index contributed by atoms with van der Waals surface area (Å²) in [6.07, 6.45) is 8.04. The minimum atomic E-state index is 0.464. The summed E-state index contributed by atoms with van der Waals surface area (Å²) in [5, 5.41) is 0.742. The fourth-order valence-electron chi connectivity index (χ4n) is 1.91. The van der Waals surface area contributed by atoms with Gasteiger partial charge in [-0.05, 0) is 24.5 Å². The number of thioether (sulfide) groups is 1. The molecule has 1 nitrogen and oxygen atoms in total. The van der Waals surface area contributed by atoms with Crippen LogP contribution < -0.4 is 5.73 Å². The zero-order valence-corrected chi connectivity index (χ0v) is 10.5. The van der Waals surface area contributed by atoms with E-state index >= 15 is 0 Å². The molecule has 2 N–H and O–H groups in total. The largest absolute Gasteiger partial charge is 0.327 e. The SMILES string of the molecule is CCC(C)CSC1CCCCCC1N. The highest BCUT2D eigenvalue weighted by molar-refractivity contribution is 7.99. The Morgan fingerprint density at radius 3 is 2.71 bits per heavy atom. The van der Waals surface area contributed by atoms with Gasteiger partial charge in [0.2, 0.25) is 0 Å². The Bertz CT molecular complexity index is 149. The number of hydrogen-bond acceptors (Lipinski definition) is 2. The quantitative estimate of drug-likeness (QED) is 0.727. The van der Waals surface area contributed by atoms with Crippen LogP contribution in [0, 0.1) is 5.92 Å². The Hall–Kier alpha value is 0.310. The van der Waals surface area contributed by atoms with Crippen molar-refractivity contribution in [2.75, 3.05) is 5.75 Å². The zero-order valence-electron chi connectivity index (χ0n) is 9.67. The van der Waals surface area contributed by atoms with Crippen LogP contribution in [0.25, 0.3) is 0 Å². The molecular weight excluding hydrogens is 190 g/mol. The Morgan fingerprint density at radius 2 is 2.00 bits per heavy atom. The topological polar surface area (TPSA) is 26.0 Å². The van der Waals surface area contributed by atoms with Gasteiger partial charge >= 0.3 is 0 Å². The van der Waals surface area contributed by atoms with Crippen LogP contribution in [0.1, 0.15) is 52.4 Å². The molecule has 0 aromatic heterocycles. The summed E-state index contributed by atoms with van der Waals surface area (Å²) < 4.78 is 0. The molecule has 0 radical (unpaired) electrons. The highest BCUT2D eigenvalue weighted by Gasteiger charge is 2.20. The van der Waals surface area contributed by atoms with Crippen molar-refractivity contribution in [2.45, 2.75) is 63.7 Å². The minimum Gasteiger partial charge on any atom is -0.327 e. The van der Waals surface area contributed by atoms with Gasteiger partial charge in [-0.15, -0.1) is 0 Å². The van der Waals surface area contributed by atoms with E-state index in [2.05, 4.69) is 25.6 Å². The van der Waals surface area contributed by atoms with Crippen LogP contribution in [0.15, 0.2) is 0 Å². The highest BCUT2D eigenvalue weighted by atomic mass is 32.2. The monoisotopic (exact) mass is 215 g/mol. The third-order valence-corrected chi connectivity index (χ3v) is 5.07. The van der Waals surface area contributed by atoms with Gasteiger partial charge in [0.1, 0.15) is 0 Å². The molecule has 1 fully saturated rings. The van der Waals surface area contributed by atoms with E-state index in [1.807, 2.05) is 0 Å². The van der Waals surface area contributed by atoms with E-state index in [1.165, 1.54) is 44.3 Å². The third kappa shape index (κ3) is 4.22. The van der Waals surface area contributed by atoms with Gasteiger partial charge in [-0.3, -0.25) is 0 Å². The summed E-state index contributed by atoms with van der Waals surface area (Å²) in [6.45, 7) is 4.62. The summed E-state index contributed by atoms with van der Waals surface area (Å²) in [5.74, 6) is 2.16. The van der Waals surface area contributed by atoms with Gasteiger partial charge in [0, 0.05) is 11.3 Å². The molecule has 1 aliphatic rings. The van der Waals surface area contributed by atoms with E-state index in [0.717, 1.165) is 11.2 Å². The Morgan fingerprint density at radius 1 is 1.29 bits per heavy atom. The Kier molecular flexibility index (Phi) is 5.95. The molecule has 2 heteroatoms. The lowest BCUT2D eigenvalue weighted by Crippen LogP contribution is -2.31. The molecule has 0 saturated heterocycles. The van der Waals surface area contributed by atoms with Gasteiger partial charge in [0.05, 0.1) is 0 Å². The summed E-state index contributed by atoms with van der Waals surface area (Å²) >= 11 is 2.13. The fourth-order valence-corrected chi connectivity index (χ4v) is 3.44. The molecule has 0 bridgehead atoms. The van der Waals surface area contributed by atoms with Crippen LogP contribution in [0.3, 0.4) is 0 Å². The van der Waals surface area contributed by atoms with Crippen molar-refractivity contribution in [3.63, 3.8) is 0 Å². The summed E-state index contributed by atoms with van der Waals surface area (Å²) in [5.41, 5.74) is 6.19. The van der Waals surface area contributed by atoms with Crippen molar-refractivity contribution in [3.8, 4) is 0 Å². The van der Waals surface area contributed by atoms with Crippen LogP contribution in [-0.2, 0) is 0 Å². The maximum atomic E-state index is 6.19. The second-order valence-corrected chi connectivity index (χ2v) is 5.96. The molecule has 3 atom stereocenters. The molecule has 1 rings (SSSR count). The zero-order chi connectivity index (χ0) is 10.4. The van der Waals surface area contributed by atoms with Crippen molar-refractivity contribution in [2.24, 2.45) is 11.7 Å². The summed E-state index contributed by atoms with van der Waals surface area (Å²) in [7, 11) is 0. The molecular formula is C12H25NS. The fraction of sp³-hybridized carbons (Fsp3) is 1.00. The van der Waals surface area contributed by atoms with Crippen molar-refractivity contribution >= 4 is 11.8 Å². The summed E-state index contributed by atoms with van der Waals surface area (Å²) in [6, 6.07) is 0.464. The van der Waals surface area contributed by atoms with Crippen molar-refractivity contribution < 1.29 is 0 Å². The van der Waals surface area contributed by atoms with Gasteiger partial charge in [0.15, 0.2) is 0 Å². The molecule has 0 spiro atoms. The molecule has 1 aliphatic carbocycles. The van der Waals surface area contributed by atoms with E-state index < -0.39 is 0 Å². The van der Waals surface area contributed by atoms with Crippen molar-refractivity contribution in [3.05, 3.63) is 0 Å². The van der Waals surface area contributed by atoms with E-state index in [0.29, 0.717) is 6.04 Å². The first-order chi connectivity index (χ1) is 6.74. The smallest absolute Gasteiger partial charge is 0.0199 e. The van der Waals surface area contributed by atoms with E-state index in [4.69, 9.17) is 5.73 Å². The maximum absolute atomic E-state index is 6.19. The van der Waals surface area contributed by atoms with Gasteiger partial charge in [-0.1, -0.05) is 39.5 Å². The highest BCUT2D eigenvalue weighted by Crippen LogP contribution is 2.28. The first kappa shape index (κ1) is 12.4. The van der Waals surface area contributed by atoms with Crippen LogP contribution in [0.5, 0.6) is 0 Å². The lowest BCUT2D eigenvalue weighted by atomic mass is 10.1. The minimum absolute atomic E-state index is 0.464. The number of hydrogen-bond donors (Lipinski definition) is 1. The van der Waals surface area contributed by atoms with E-state index in [9.17, 15) is 0 Å². The lowest BCUT2D eigenvalue weighted by Gasteiger charge is -2.22. The van der Waals surface area contributed by atoms with Gasteiger partial charge in [-0.2, -0.15) is 11.8 Å². The van der Waals surface area contributed by atoms with E-state index in [1.54, 1.807) is 0 Å². The number of nitrogens with two attached hydrogens (primary N) is 1. The van der Waals surface area contributed by atoms with Crippen molar-refractivity contribution in [1.29, 1.82) is 0 Å². The Labute approximate surface area is 93.2 Å². The third-order valence-electron chi connectivity index (χ3n) is 3.30. The molecule has 3 unspecified atom stereocenters. The average molecular weight is 215 g/mol. The molecule has 0 amide bonds. The first-order valence-corrected chi connectivity index (χ1v) is 7.16. The van der Waals surface area contributed by atoms with Gasteiger partial charge < -0.3 is 5.73 Å². The van der Waals surface area contributed by atoms with Crippen LogP contribution in [0.2, 0.25) is 0 Å². The lowest BCUT2D eigenvalue weighted by molar-refractivity contribution is 0.589. The van der Waals surface area contributed by atoms with Crippen LogP contribution in [0.4, 0.5) is 0 Å².